The number of nitrogens with zero attached hydrogens (tertiary/aromatic N) is 3. The van der Waals surface area contributed by atoms with E-state index in [4.69, 9.17) is 11.6 Å². The fraction of sp³-hybridized carbons (Fsp3) is 0.421. The Balaban J connectivity index is 1.12. The summed E-state index contributed by atoms with van der Waals surface area (Å²) in [5.74, 6) is 1.17. The van der Waals surface area contributed by atoms with Gasteiger partial charge in [-0.25, -0.2) is 0 Å². The van der Waals surface area contributed by atoms with Crippen molar-refractivity contribution in [3.63, 3.8) is 0 Å². The van der Waals surface area contributed by atoms with Gasteiger partial charge < -0.3 is 25.0 Å². The molecule has 1 fully saturated rings. The molecular weight excluding hydrogens is 594 g/mol. The number of carbonyl (C=O) groups excluding carboxylic acids is 2. The number of carbonyl (C=O) groups is 2. The first-order chi connectivity index (χ1) is 22.4. The van der Waals surface area contributed by atoms with Gasteiger partial charge in [-0.2, -0.15) is 0 Å². The van der Waals surface area contributed by atoms with Gasteiger partial charge in [-0.05, 0) is 119 Å². The Morgan fingerprint density at radius 1 is 1.00 bits per heavy atom. The molecule has 1 saturated heterocycles. The van der Waals surface area contributed by atoms with Crippen LogP contribution in [-0.4, -0.2) is 79.5 Å². The van der Waals surface area contributed by atoms with Crippen LogP contribution in [0.2, 0.25) is 5.02 Å². The number of hydrogen-bond acceptors (Lipinski definition) is 4. The molecule has 0 bridgehead atoms. The van der Waals surface area contributed by atoms with E-state index < -0.39 is 0 Å². The average molecular weight is 640 g/mol. The molecule has 3 aromatic carbocycles. The largest absolute Gasteiger partial charge is 0.361 e. The van der Waals surface area contributed by atoms with Gasteiger partial charge in [-0.3, -0.25) is 9.59 Å². The number of anilines is 1. The van der Waals surface area contributed by atoms with Gasteiger partial charge in [-0.1, -0.05) is 48.0 Å². The molecule has 0 unspecified atom stereocenters. The first kappa shape index (κ1) is 32.3. The molecule has 0 spiro atoms. The van der Waals surface area contributed by atoms with Crippen molar-refractivity contribution < 1.29 is 9.59 Å². The van der Waals surface area contributed by atoms with Crippen LogP contribution >= 0.6 is 11.6 Å². The van der Waals surface area contributed by atoms with E-state index >= 15 is 0 Å². The molecule has 1 aromatic heterocycles. The second-order valence-corrected chi connectivity index (χ2v) is 13.8. The van der Waals surface area contributed by atoms with Crippen molar-refractivity contribution in [3.8, 4) is 0 Å². The summed E-state index contributed by atoms with van der Waals surface area (Å²) in [7, 11) is 4.18. The zero-order valence-corrected chi connectivity index (χ0v) is 27.8. The third-order valence-electron chi connectivity index (χ3n) is 9.67. The first-order valence-electron chi connectivity index (χ1n) is 16.7. The van der Waals surface area contributed by atoms with Crippen LogP contribution in [-0.2, 0) is 17.6 Å². The molecule has 0 radical (unpaired) electrons. The van der Waals surface area contributed by atoms with E-state index in [9.17, 15) is 9.59 Å². The Hall–Kier alpha value is -3.65. The van der Waals surface area contributed by atoms with Crippen LogP contribution in [0.25, 0.3) is 10.9 Å². The van der Waals surface area contributed by atoms with E-state index in [1.807, 2.05) is 64.4 Å². The lowest BCUT2D eigenvalue weighted by Crippen LogP contribution is -2.52. The van der Waals surface area contributed by atoms with Crippen molar-refractivity contribution in [2.24, 2.45) is 11.8 Å². The van der Waals surface area contributed by atoms with Crippen molar-refractivity contribution in [3.05, 3.63) is 101 Å². The molecule has 2 N–H and O–H groups in total. The molecule has 8 heteroatoms. The lowest BCUT2D eigenvalue weighted by molar-refractivity contribution is -0.120. The SMILES string of the molecule is CN(C)C[C@H]1Cc2cc(Cl)ccc2N(C(=O)[C@@H](Cc2c[nH]c3ccccc23)NCCCC2CCN(C(=O)c3ccccc3)CC2)C1. The highest BCUT2D eigenvalue weighted by Gasteiger charge is 2.33. The standard InChI is InChI=1S/C38H46ClN5O2/c1-42(2)25-28-21-30-22-32(39)14-15-36(30)44(26-28)38(46)35(23-31-24-41-34-13-7-6-12-33(31)34)40-18-8-9-27-16-19-43(20-17-27)37(45)29-10-4-3-5-11-29/h3-7,10-15,22,24,27-28,35,40-41H,8-9,16-21,23,25-26H2,1-2H3/t28-,35-/m1/s1. The lowest BCUT2D eigenvalue weighted by atomic mass is 9.90. The van der Waals surface area contributed by atoms with Gasteiger partial charge in [0, 0.05) is 59.6 Å². The summed E-state index contributed by atoms with van der Waals surface area (Å²) >= 11 is 6.42. The van der Waals surface area contributed by atoms with Crippen molar-refractivity contribution >= 4 is 40.0 Å². The summed E-state index contributed by atoms with van der Waals surface area (Å²) < 4.78 is 0. The highest BCUT2D eigenvalue weighted by Crippen LogP contribution is 2.33. The lowest BCUT2D eigenvalue weighted by Gasteiger charge is -2.38. The van der Waals surface area contributed by atoms with E-state index in [-0.39, 0.29) is 17.9 Å². The Morgan fingerprint density at radius 2 is 1.76 bits per heavy atom. The molecule has 2 aliphatic rings. The molecular formula is C38H46ClN5O2. The second kappa shape index (κ2) is 14.8. The molecule has 0 saturated carbocycles. The molecule has 7 nitrogen and oxygen atoms in total. The van der Waals surface area contributed by atoms with Crippen LogP contribution in [0.1, 0.15) is 47.2 Å². The molecule has 2 atom stereocenters. The molecule has 0 aliphatic carbocycles. The number of fused-ring (bicyclic) bond motifs is 2. The van der Waals surface area contributed by atoms with Gasteiger partial charge in [-0.15, -0.1) is 0 Å². The molecule has 6 rings (SSSR count). The topological polar surface area (TPSA) is 71.7 Å². The number of aromatic amines is 1. The molecule has 46 heavy (non-hydrogen) atoms. The number of amides is 2. The fourth-order valence-corrected chi connectivity index (χ4v) is 7.57. The van der Waals surface area contributed by atoms with Crippen molar-refractivity contribution in [1.82, 2.24) is 20.1 Å². The number of halogens is 1. The zero-order chi connectivity index (χ0) is 32.0. The molecule has 2 amide bonds. The van der Waals surface area contributed by atoms with Crippen LogP contribution in [0.4, 0.5) is 5.69 Å². The maximum absolute atomic E-state index is 14.5. The molecule has 242 valence electrons. The summed E-state index contributed by atoms with van der Waals surface area (Å²) in [6.07, 6.45) is 7.70. The maximum Gasteiger partial charge on any atom is 0.253 e. The van der Waals surface area contributed by atoms with E-state index in [2.05, 4.69) is 53.7 Å². The Labute approximate surface area is 277 Å². The minimum atomic E-state index is -0.355. The number of piperidine rings is 1. The molecule has 4 aromatic rings. The van der Waals surface area contributed by atoms with Crippen molar-refractivity contribution in [2.45, 2.75) is 44.6 Å². The monoisotopic (exact) mass is 639 g/mol. The number of para-hydroxylation sites is 1. The van der Waals surface area contributed by atoms with Crippen molar-refractivity contribution in [2.75, 3.05) is 51.7 Å². The summed E-state index contributed by atoms with van der Waals surface area (Å²) in [6, 6.07) is 23.5. The quantitative estimate of drug-likeness (QED) is 0.186. The maximum atomic E-state index is 14.5. The van der Waals surface area contributed by atoms with Crippen LogP contribution in [0.5, 0.6) is 0 Å². The van der Waals surface area contributed by atoms with E-state index in [0.717, 1.165) is 91.6 Å². The average Bonchev–Trinajstić information content (AvgIpc) is 3.48. The van der Waals surface area contributed by atoms with E-state index in [1.165, 1.54) is 0 Å². The second-order valence-electron chi connectivity index (χ2n) is 13.4. The Morgan fingerprint density at radius 3 is 2.54 bits per heavy atom. The Kier molecular flexibility index (Phi) is 10.4. The smallest absolute Gasteiger partial charge is 0.253 e. The van der Waals surface area contributed by atoms with Gasteiger partial charge in [0.1, 0.15) is 0 Å². The predicted molar refractivity (Wildman–Crippen MR) is 188 cm³/mol. The fourth-order valence-electron chi connectivity index (χ4n) is 7.37. The first-order valence-corrected chi connectivity index (χ1v) is 17.1. The molecule has 2 aliphatic heterocycles. The Bertz CT molecular complexity index is 1630. The summed E-state index contributed by atoms with van der Waals surface area (Å²) in [4.78, 5) is 37.0. The van der Waals surface area contributed by atoms with Crippen LogP contribution in [0.3, 0.4) is 0 Å². The summed E-state index contributed by atoms with van der Waals surface area (Å²) in [5, 5.41) is 5.57. The van der Waals surface area contributed by atoms with Gasteiger partial charge in [0.2, 0.25) is 5.91 Å². The van der Waals surface area contributed by atoms with Crippen LogP contribution in [0, 0.1) is 11.8 Å². The van der Waals surface area contributed by atoms with Crippen LogP contribution in [0.15, 0.2) is 79.0 Å². The number of benzene rings is 3. The number of aromatic nitrogens is 1. The highest BCUT2D eigenvalue weighted by molar-refractivity contribution is 6.30. The van der Waals surface area contributed by atoms with Gasteiger partial charge in [0.05, 0.1) is 6.04 Å². The minimum Gasteiger partial charge on any atom is -0.361 e. The minimum absolute atomic E-state index is 0.116. The van der Waals surface area contributed by atoms with Crippen molar-refractivity contribution in [1.29, 1.82) is 0 Å². The highest BCUT2D eigenvalue weighted by atomic mass is 35.5. The van der Waals surface area contributed by atoms with Gasteiger partial charge in [0.25, 0.3) is 5.91 Å². The van der Waals surface area contributed by atoms with E-state index in [1.54, 1.807) is 0 Å². The zero-order valence-electron chi connectivity index (χ0n) is 27.1. The summed E-state index contributed by atoms with van der Waals surface area (Å²) in [5.41, 5.74) is 5.12. The van der Waals surface area contributed by atoms with E-state index in [0.29, 0.717) is 29.8 Å². The van der Waals surface area contributed by atoms with Gasteiger partial charge in [0.15, 0.2) is 0 Å². The van der Waals surface area contributed by atoms with Crippen LogP contribution < -0.4 is 10.2 Å². The summed E-state index contributed by atoms with van der Waals surface area (Å²) in [6.45, 7) is 3.98. The third-order valence-corrected chi connectivity index (χ3v) is 9.91. The third kappa shape index (κ3) is 7.65. The van der Waals surface area contributed by atoms with Gasteiger partial charge >= 0.3 is 0 Å². The number of nitrogens with one attached hydrogen (secondary N) is 2. The predicted octanol–water partition coefficient (Wildman–Crippen LogP) is 6.42. The number of likely N-dealkylation sites (tertiary alicyclic amines) is 1. The number of H-pyrrole nitrogens is 1. The number of hydrogen-bond donors (Lipinski definition) is 2. The number of rotatable bonds is 11. The molecule has 3 heterocycles. The normalized spacial score (nSPS) is 17.8.